The van der Waals surface area contributed by atoms with E-state index in [0.29, 0.717) is 31.0 Å². The maximum absolute atomic E-state index is 12.5. The van der Waals surface area contributed by atoms with Crippen molar-refractivity contribution in [3.05, 3.63) is 35.6 Å². The third-order valence-electron chi connectivity index (χ3n) is 3.37. The maximum atomic E-state index is 12.5. The van der Waals surface area contributed by atoms with Crippen LogP contribution < -0.4 is 0 Å². The highest BCUT2D eigenvalue weighted by atomic mass is 16.5. The number of tetrazole rings is 1. The molecule has 10 heteroatoms. The Balaban J connectivity index is 1.56. The highest BCUT2D eigenvalue weighted by Crippen LogP contribution is 2.19. The van der Waals surface area contributed by atoms with Gasteiger partial charge in [0.1, 0.15) is 18.3 Å². The number of rotatable bonds is 2. The van der Waals surface area contributed by atoms with Gasteiger partial charge >= 0.3 is 0 Å². The smallest absolute Gasteiger partial charge is 0.272 e. The van der Waals surface area contributed by atoms with Crippen molar-refractivity contribution < 1.29 is 9.32 Å². The van der Waals surface area contributed by atoms with Crippen LogP contribution in [0.4, 0.5) is 0 Å². The van der Waals surface area contributed by atoms with Gasteiger partial charge in [0.15, 0.2) is 5.82 Å². The zero-order chi connectivity index (χ0) is 14.2. The van der Waals surface area contributed by atoms with Crippen LogP contribution >= 0.6 is 0 Å². The van der Waals surface area contributed by atoms with E-state index in [1.165, 1.54) is 11.0 Å². The second kappa shape index (κ2) is 4.51. The molecule has 0 bridgehead atoms. The van der Waals surface area contributed by atoms with Crippen molar-refractivity contribution >= 4 is 5.91 Å². The lowest BCUT2D eigenvalue weighted by atomic mass is 10.1. The summed E-state index contributed by atoms with van der Waals surface area (Å²) in [6.45, 7) is 1.08. The van der Waals surface area contributed by atoms with Crippen molar-refractivity contribution in [1.82, 2.24) is 40.5 Å². The number of hydrogen-bond donors (Lipinski definition) is 1. The first-order valence-corrected chi connectivity index (χ1v) is 6.31. The molecule has 0 saturated carbocycles. The summed E-state index contributed by atoms with van der Waals surface area (Å²) in [5, 5.41) is 21.4. The third-order valence-corrected chi connectivity index (χ3v) is 3.37. The molecule has 4 heterocycles. The van der Waals surface area contributed by atoms with Crippen molar-refractivity contribution in [2.45, 2.75) is 13.0 Å². The van der Waals surface area contributed by atoms with Gasteiger partial charge in [-0.15, -0.1) is 5.10 Å². The van der Waals surface area contributed by atoms with Gasteiger partial charge in [-0.3, -0.25) is 9.89 Å². The molecule has 0 saturated heterocycles. The molecule has 0 spiro atoms. The highest BCUT2D eigenvalue weighted by molar-refractivity contribution is 5.92. The number of aromatic amines is 1. The average Bonchev–Trinajstić information content (AvgIpc) is 3.24. The fraction of sp³-hybridized carbons (Fsp3) is 0.273. The largest absolute Gasteiger partial charge is 0.364 e. The van der Waals surface area contributed by atoms with E-state index in [0.717, 1.165) is 11.3 Å². The normalized spacial score (nSPS) is 14.2. The number of H-pyrrole nitrogens is 1. The number of amides is 1. The quantitative estimate of drug-likeness (QED) is 0.679. The molecule has 106 valence electrons. The van der Waals surface area contributed by atoms with Gasteiger partial charge in [0.05, 0.1) is 12.2 Å². The van der Waals surface area contributed by atoms with Crippen LogP contribution in [0.2, 0.25) is 0 Å². The standard InChI is InChI=1S/C11H10N8O2/c20-11(18-2-1-8-7(4-18)5-21-15-8)9-3-10(14-13-9)19-6-12-16-17-19/h3,5-6H,1-2,4H2,(H,13,14). The second-order valence-corrected chi connectivity index (χ2v) is 4.66. The summed E-state index contributed by atoms with van der Waals surface area (Å²) in [5.74, 6) is 0.333. The average molecular weight is 286 g/mol. The van der Waals surface area contributed by atoms with Crippen LogP contribution in [0.1, 0.15) is 21.7 Å². The lowest BCUT2D eigenvalue weighted by Gasteiger charge is -2.25. The molecule has 10 nitrogen and oxygen atoms in total. The first-order valence-electron chi connectivity index (χ1n) is 6.31. The minimum Gasteiger partial charge on any atom is -0.364 e. The first-order chi connectivity index (χ1) is 10.3. The fourth-order valence-corrected chi connectivity index (χ4v) is 2.29. The summed E-state index contributed by atoms with van der Waals surface area (Å²) in [4.78, 5) is 14.2. The first kappa shape index (κ1) is 11.8. The van der Waals surface area contributed by atoms with Gasteiger partial charge in [0, 0.05) is 24.6 Å². The Morgan fingerprint density at radius 1 is 1.43 bits per heavy atom. The Hall–Kier alpha value is -3.04. The zero-order valence-electron chi connectivity index (χ0n) is 10.8. The van der Waals surface area contributed by atoms with Crippen LogP contribution in [0, 0.1) is 0 Å². The topological polar surface area (TPSA) is 119 Å². The van der Waals surface area contributed by atoms with Crippen molar-refractivity contribution in [3.8, 4) is 5.82 Å². The summed E-state index contributed by atoms with van der Waals surface area (Å²) in [6, 6.07) is 1.61. The molecule has 0 unspecified atom stereocenters. The third kappa shape index (κ3) is 1.96. The van der Waals surface area contributed by atoms with Gasteiger partial charge in [0.2, 0.25) is 0 Å². The molecular weight excluding hydrogens is 276 g/mol. The van der Waals surface area contributed by atoms with E-state index in [-0.39, 0.29) is 5.91 Å². The molecule has 0 fully saturated rings. The van der Waals surface area contributed by atoms with Crippen LogP contribution in [0.5, 0.6) is 0 Å². The number of carbonyl (C=O) groups is 1. The number of aromatic nitrogens is 7. The SMILES string of the molecule is O=C(c1cc(-n2cnnn2)n[nH]1)N1CCc2nocc2C1. The summed E-state index contributed by atoms with van der Waals surface area (Å²) < 4.78 is 6.30. The summed E-state index contributed by atoms with van der Waals surface area (Å²) in [6.07, 6.45) is 3.68. The number of fused-ring (bicyclic) bond motifs is 1. The number of nitrogens with zero attached hydrogens (tertiary/aromatic N) is 7. The van der Waals surface area contributed by atoms with Gasteiger partial charge in [-0.1, -0.05) is 5.16 Å². The lowest BCUT2D eigenvalue weighted by Crippen LogP contribution is -2.35. The van der Waals surface area contributed by atoms with E-state index in [1.807, 2.05) is 0 Å². The Kier molecular flexibility index (Phi) is 2.52. The zero-order valence-corrected chi connectivity index (χ0v) is 10.8. The molecule has 0 atom stereocenters. The van der Waals surface area contributed by atoms with E-state index < -0.39 is 0 Å². The van der Waals surface area contributed by atoms with Crippen LogP contribution in [0.3, 0.4) is 0 Å². The highest BCUT2D eigenvalue weighted by Gasteiger charge is 2.25. The van der Waals surface area contributed by atoms with Gasteiger partial charge in [0.25, 0.3) is 5.91 Å². The van der Waals surface area contributed by atoms with Crippen molar-refractivity contribution in [1.29, 1.82) is 0 Å². The van der Waals surface area contributed by atoms with E-state index in [9.17, 15) is 4.79 Å². The predicted molar refractivity (Wildman–Crippen MR) is 66.2 cm³/mol. The van der Waals surface area contributed by atoms with Gasteiger partial charge in [-0.05, 0) is 10.4 Å². The monoisotopic (exact) mass is 286 g/mol. The van der Waals surface area contributed by atoms with Crippen LogP contribution in [-0.2, 0) is 13.0 Å². The van der Waals surface area contributed by atoms with Gasteiger partial charge in [-0.25, -0.2) is 0 Å². The van der Waals surface area contributed by atoms with Crippen molar-refractivity contribution in [2.24, 2.45) is 0 Å². The summed E-state index contributed by atoms with van der Waals surface area (Å²) in [5.41, 5.74) is 2.24. The maximum Gasteiger partial charge on any atom is 0.272 e. The number of hydrogen-bond acceptors (Lipinski definition) is 7. The number of carbonyl (C=O) groups excluding carboxylic acids is 1. The van der Waals surface area contributed by atoms with E-state index in [2.05, 4.69) is 30.9 Å². The molecule has 3 aromatic rings. The minimum absolute atomic E-state index is 0.131. The van der Waals surface area contributed by atoms with E-state index in [1.54, 1.807) is 17.2 Å². The van der Waals surface area contributed by atoms with Gasteiger partial charge < -0.3 is 9.42 Å². The van der Waals surface area contributed by atoms with Gasteiger partial charge in [-0.2, -0.15) is 9.78 Å². The predicted octanol–water partition coefficient (Wildman–Crippen LogP) is -0.428. The molecule has 1 amide bonds. The Morgan fingerprint density at radius 3 is 3.24 bits per heavy atom. The fourth-order valence-electron chi connectivity index (χ4n) is 2.29. The molecule has 1 aliphatic heterocycles. The Bertz CT molecular complexity index is 774. The molecule has 0 aliphatic carbocycles. The lowest BCUT2D eigenvalue weighted by molar-refractivity contribution is 0.0728. The number of nitrogens with one attached hydrogen (secondary N) is 1. The van der Waals surface area contributed by atoms with E-state index in [4.69, 9.17) is 4.52 Å². The summed E-state index contributed by atoms with van der Waals surface area (Å²) >= 11 is 0. The summed E-state index contributed by atoms with van der Waals surface area (Å²) in [7, 11) is 0. The Labute approximate surface area is 117 Å². The Morgan fingerprint density at radius 2 is 2.38 bits per heavy atom. The second-order valence-electron chi connectivity index (χ2n) is 4.66. The van der Waals surface area contributed by atoms with Crippen molar-refractivity contribution in [3.63, 3.8) is 0 Å². The molecule has 21 heavy (non-hydrogen) atoms. The van der Waals surface area contributed by atoms with Crippen LogP contribution in [-0.4, -0.2) is 52.9 Å². The molecule has 1 aliphatic rings. The molecule has 0 aromatic carbocycles. The van der Waals surface area contributed by atoms with Crippen LogP contribution in [0.25, 0.3) is 5.82 Å². The van der Waals surface area contributed by atoms with Crippen LogP contribution in [0.15, 0.2) is 23.2 Å². The molecule has 0 radical (unpaired) electrons. The minimum atomic E-state index is -0.131. The molecule has 3 aromatic heterocycles. The van der Waals surface area contributed by atoms with E-state index >= 15 is 0 Å². The molecule has 4 rings (SSSR count). The molecule has 1 N–H and O–H groups in total. The molecular formula is C11H10N8O2. The van der Waals surface area contributed by atoms with Crippen molar-refractivity contribution in [2.75, 3.05) is 6.54 Å².